The quantitative estimate of drug-likeness (QED) is 0.636. The van der Waals surface area contributed by atoms with Gasteiger partial charge < -0.3 is 0 Å². The summed E-state index contributed by atoms with van der Waals surface area (Å²) < 4.78 is 0. The lowest BCUT2D eigenvalue weighted by molar-refractivity contribution is 1.45. The fraction of sp³-hybridized carbons (Fsp3) is 0.158. The summed E-state index contributed by atoms with van der Waals surface area (Å²) in [5.41, 5.74) is 5.83. The summed E-state index contributed by atoms with van der Waals surface area (Å²) in [6.07, 6.45) is 2.06. The summed E-state index contributed by atoms with van der Waals surface area (Å²) in [5, 5.41) is 0. The fourth-order valence-electron chi connectivity index (χ4n) is 1.82. The highest BCUT2D eigenvalue weighted by molar-refractivity contribution is 5.79. The summed E-state index contributed by atoms with van der Waals surface area (Å²) >= 11 is 0. The number of benzene rings is 2. The Kier molecular flexibility index (Phi) is 4.21. The standard InChI is InChI=1S/C19H18/c1-4-18(19-12-7-16(3)8-13-19)14-11-17-9-5-15(2)6-10-17/h4-10,12-13H,1-3H3/b18-4-. The third-order valence-corrected chi connectivity index (χ3v) is 3.04. The van der Waals surface area contributed by atoms with Gasteiger partial charge in [-0.1, -0.05) is 65.4 Å². The van der Waals surface area contributed by atoms with Gasteiger partial charge in [-0.3, -0.25) is 0 Å². The Balaban J connectivity index is 2.26. The second-order valence-corrected chi connectivity index (χ2v) is 4.68. The molecule has 0 nitrogen and oxygen atoms in total. The summed E-state index contributed by atoms with van der Waals surface area (Å²) in [4.78, 5) is 0. The third kappa shape index (κ3) is 3.60. The molecule has 0 heteroatoms. The van der Waals surface area contributed by atoms with Crippen molar-refractivity contribution in [2.75, 3.05) is 0 Å². The second kappa shape index (κ2) is 6.07. The Bertz CT molecular complexity index is 629. The molecule has 0 aliphatic rings. The molecule has 0 radical (unpaired) electrons. The molecule has 0 saturated heterocycles. The van der Waals surface area contributed by atoms with Crippen LogP contribution in [0, 0.1) is 25.7 Å². The highest BCUT2D eigenvalue weighted by Gasteiger charge is 1.96. The maximum Gasteiger partial charge on any atom is 0.0278 e. The SMILES string of the molecule is C/C=C(/C#Cc1ccc(C)cc1)c1ccc(C)cc1. The van der Waals surface area contributed by atoms with Gasteiger partial charge in [-0.25, -0.2) is 0 Å². The van der Waals surface area contributed by atoms with Crippen LogP contribution in [0.2, 0.25) is 0 Å². The van der Waals surface area contributed by atoms with Gasteiger partial charge in [0.1, 0.15) is 0 Å². The molecule has 0 bridgehead atoms. The molecule has 0 unspecified atom stereocenters. The van der Waals surface area contributed by atoms with Crippen LogP contribution < -0.4 is 0 Å². The van der Waals surface area contributed by atoms with Gasteiger partial charge in [0.2, 0.25) is 0 Å². The molecule has 0 amide bonds. The number of aryl methyl sites for hydroxylation is 2. The number of hydrogen-bond donors (Lipinski definition) is 0. The molecule has 19 heavy (non-hydrogen) atoms. The molecule has 0 fully saturated rings. The lowest BCUT2D eigenvalue weighted by Gasteiger charge is -2.00. The van der Waals surface area contributed by atoms with E-state index in [0.717, 1.165) is 11.1 Å². The van der Waals surface area contributed by atoms with Crippen LogP contribution in [0.5, 0.6) is 0 Å². The van der Waals surface area contributed by atoms with Crippen molar-refractivity contribution in [2.24, 2.45) is 0 Å². The smallest absolute Gasteiger partial charge is 0.0278 e. The number of rotatable bonds is 1. The van der Waals surface area contributed by atoms with Gasteiger partial charge in [0.25, 0.3) is 0 Å². The molecule has 2 rings (SSSR count). The zero-order valence-electron chi connectivity index (χ0n) is 11.7. The molecule has 0 aromatic heterocycles. The van der Waals surface area contributed by atoms with Crippen LogP contribution in [0.15, 0.2) is 54.6 Å². The molecule has 0 aliphatic carbocycles. The maximum absolute atomic E-state index is 3.25. The maximum atomic E-state index is 3.25. The van der Waals surface area contributed by atoms with Crippen LogP contribution in [0.1, 0.15) is 29.2 Å². The van der Waals surface area contributed by atoms with Crippen LogP contribution in [0.25, 0.3) is 5.57 Å². The Morgan fingerprint density at radius 2 is 1.37 bits per heavy atom. The van der Waals surface area contributed by atoms with E-state index in [2.05, 4.69) is 80.3 Å². The van der Waals surface area contributed by atoms with Gasteiger partial charge in [-0.05, 0) is 38.5 Å². The zero-order chi connectivity index (χ0) is 13.7. The minimum atomic E-state index is 1.05. The summed E-state index contributed by atoms with van der Waals surface area (Å²) in [7, 11) is 0. The van der Waals surface area contributed by atoms with Crippen molar-refractivity contribution in [3.8, 4) is 11.8 Å². The topological polar surface area (TPSA) is 0 Å². The van der Waals surface area contributed by atoms with E-state index in [4.69, 9.17) is 0 Å². The van der Waals surface area contributed by atoms with E-state index in [0.29, 0.717) is 0 Å². The van der Waals surface area contributed by atoms with Crippen molar-refractivity contribution >= 4 is 5.57 Å². The highest BCUT2D eigenvalue weighted by atomic mass is 14.0. The van der Waals surface area contributed by atoms with Gasteiger partial charge in [0, 0.05) is 11.1 Å². The van der Waals surface area contributed by atoms with Gasteiger partial charge in [0.05, 0.1) is 0 Å². The molecule has 2 aromatic carbocycles. The Morgan fingerprint density at radius 3 is 1.89 bits per heavy atom. The zero-order valence-corrected chi connectivity index (χ0v) is 11.7. The first-order chi connectivity index (χ1) is 9.19. The average Bonchev–Trinajstić information content (AvgIpc) is 2.43. The second-order valence-electron chi connectivity index (χ2n) is 4.68. The van der Waals surface area contributed by atoms with Crippen molar-refractivity contribution in [3.63, 3.8) is 0 Å². The molecule has 0 N–H and O–H groups in total. The van der Waals surface area contributed by atoms with E-state index in [9.17, 15) is 0 Å². The summed E-state index contributed by atoms with van der Waals surface area (Å²) in [6.45, 7) is 6.21. The van der Waals surface area contributed by atoms with E-state index in [1.165, 1.54) is 16.7 Å². The lowest BCUT2D eigenvalue weighted by Crippen LogP contribution is -1.82. The molecular weight excluding hydrogens is 228 g/mol. The monoisotopic (exact) mass is 246 g/mol. The first kappa shape index (κ1) is 13.2. The van der Waals surface area contributed by atoms with Gasteiger partial charge in [-0.2, -0.15) is 0 Å². The van der Waals surface area contributed by atoms with Crippen molar-refractivity contribution in [1.82, 2.24) is 0 Å². The molecular formula is C19H18. The van der Waals surface area contributed by atoms with Crippen LogP contribution in [0.4, 0.5) is 0 Å². The fourth-order valence-corrected chi connectivity index (χ4v) is 1.82. The molecule has 94 valence electrons. The van der Waals surface area contributed by atoms with Gasteiger partial charge in [-0.15, -0.1) is 0 Å². The lowest BCUT2D eigenvalue weighted by atomic mass is 10.0. The Hall–Kier alpha value is -2.26. The Morgan fingerprint density at radius 1 is 0.842 bits per heavy atom. The molecule has 0 saturated carbocycles. The van der Waals surface area contributed by atoms with Crippen LogP contribution in [-0.4, -0.2) is 0 Å². The molecule has 0 atom stereocenters. The summed E-state index contributed by atoms with van der Waals surface area (Å²) in [5.74, 6) is 6.47. The largest absolute Gasteiger partial charge is 0.0713 e. The number of allylic oxidation sites excluding steroid dienone is 2. The van der Waals surface area contributed by atoms with Crippen molar-refractivity contribution in [2.45, 2.75) is 20.8 Å². The molecule has 0 heterocycles. The predicted molar refractivity (Wildman–Crippen MR) is 82.9 cm³/mol. The van der Waals surface area contributed by atoms with Gasteiger partial charge in [0.15, 0.2) is 0 Å². The summed E-state index contributed by atoms with van der Waals surface area (Å²) in [6, 6.07) is 16.8. The predicted octanol–water partition coefficient (Wildman–Crippen LogP) is 4.76. The Labute approximate surface area is 115 Å². The van der Waals surface area contributed by atoms with Crippen molar-refractivity contribution < 1.29 is 0 Å². The van der Waals surface area contributed by atoms with Crippen LogP contribution in [-0.2, 0) is 0 Å². The first-order valence-corrected chi connectivity index (χ1v) is 6.51. The minimum Gasteiger partial charge on any atom is -0.0713 e. The molecule has 0 aliphatic heterocycles. The molecule has 0 spiro atoms. The van der Waals surface area contributed by atoms with E-state index in [-0.39, 0.29) is 0 Å². The van der Waals surface area contributed by atoms with E-state index < -0.39 is 0 Å². The minimum absolute atomic E-state index is 1.05. The van der Waals surface area contributed by atoms with Crippen molar-refractivity contribution in [3.05, 3.63) is 76.9 Å². The average molecular weight is 246 g/mol. The van der Waals surface area contributed by atoms with E-state index in [1.54, 1.807) is 0 Å². The number of hydrogen-bond acceptors (Lipinski definition) is 0. The molecule has 2 aromatic rings. The third-order valence-electron chi connectivity index (χ3n) is 3.04. The normalized spacial score (nSPS) is 10.8. The van der Waals surface area contributed by atoms with E-state index in [1.807, 2.05) is 6.92 Å². The first-order valence-electron chi connectivity index (χ1n) is 6.51. The van der Waals surface area contributed by atoms with Crippen molar-refractivity contribution in [1.29, 1.82) is 0 Å². The van der Waals surface area contributed by atoms with E-state index >= 15 is 0 Å². The van der Waals surface area contributed by atoms with Crippen LogP contribution in [0.3, 0.4) is 0 Å². The van der Waals surface area contributed by atoms with Gasteiger partial charge >= 0.3 is 0 Å². The van der Waals surface area contributed by atoms with Crippen LogP contribution >= 0.6 is 0 Å². The highest BCUT2D eigenvalue weighted by Crippen LogP contribution is 2.14.